The molecule has 0 aromatic carbocycles. The van der Waals surface area contributed by atoms with Gasteiger partial charge in [0.1, 0.15) is 10.9 Å². The lowest BCUT2D eigenvalue weighted by Gasteiger charge is -2.15. The number of carbonyl (C=O) groups excluding carboxylic acids is 2. The van der Waals surface area contributed by atoms with E-state index in [1.807, 2.05) is 0 Å². The molecule has 0 saturated carbocycles. The summed E-state index contributed by atoms with van der Waals surface area (Å²) in [5.74, 6) is -1.11. The molecule has 21 heavy (non-hydrogen) atoms. The molecule has 112 valence electrons. The van der Waals surface area contributed by atoms with Crippen molar-refractivity contribution in [3.05, 3.63) is 27.1 Å². The average Bonchev–Trinajstić information content (AvgIpc) is 2.79. The first-order valence-electron chi connectivity index (χ1n) is 6.30. The monoisotopic (exact) mass is 309 g/mol. The first-order chi connectivity index (χ1) is 9.92. The maximum absolute atomic E-state index is 12.6. The number of methoxy groups -OCH3 is 1. The van der Waals surface area contributed by atoms with Gasteiger partial charge in [-0.15, -0.1) is 11.3 Å². The van der Waals surface area contributed by atoms with Crippen molar-refractivity contribution in [3.8, 4) is 0 Å². The van der Waals surface area contributed by atoms with E-state index < -0.39 is 17.9 Å². The number of aryl methyl sites for hydroxylation is 1. The Morgan fingerprint density at radius 2 is 2.19 bits per heavy atom. The van der Waals surface area contributed by atoms with Crippen LogP contribution in [0, 0.1) is 6.92 Å². The van der Waals surface area contributed by atoms with E-state index in [9.17, 15) is 14.4 Å². The third kappa shape index (κ3) is 2.42. The Morgan fingerprint density at radius 1 is 1.52 bits per heavy atom. The fraction of sp³-hybridized carbons (Fsp3) is 0.385. The number of ether oxygens (including phenoxy) is 1. The molecule has 1 unspecified atom stereocenters. The average molecular weight is 309 g/mol. The number of amides is 1. The molecule has 2 aromatic heterocycles. The van der Waals surface area contributed by atoms with Crippen LogP contribution >= 0.6 is 11.3 Å². The summed E-state index contributed by atoms with van der Waals surface area (Å²) in [5, 5.41) is 0.318. The Morgan fingerprint density at radius 3 is 2.71 bits per heavy atom. The minimum atomic E-state index is -0.740. The van der Waals surface area contributed by atoms with Crippen LogP contribution in [0.2, 0.25) is 0 Å². The number of carbonyl (C=O) groups is 2. The fourth-order valence-corrected chi connectivity index (χ4v) is 3.20. The van der Waals surface area contributed by atoms with E-state index >= 15 is 0 Å². The van der Waals surface area contributed by atoms with Crippen LogP contribution in [0.3, 0.4) is 0 Å². The predicted octanol–water partition coefficient (Wildman–Crippen LogP) is 0.989. The number of aromatic nitrogens is 2. The summed E-state index contributed by atoms with van der Waals surface area (Å²) in [5.41, 5.74) is 5.40. The molecular weight excluding hydrogens is 294 g/mol. The minimum Gasteiger partial charge on any atom is -0.467 e. The molecule has 0 aliphatic heterocycles. The molecule has 0 bridgehead atoms. The normalized spacial score (nSPS) is 12.3. The van der Waals surface area contributed by atoms with Crippen LogP contribution < -0.4 is 11.3 Å². The standard InChI is InChI=1S/C13H15N3O4S/c1-4-7(13(19)20-3)16-5-15-11-8(12(16)18)6(2)9(21-11)10(14)17/h5,7H,4H2,1-3H3,(H2,14,17). The SMILES string of the molecule is CCC(C(=O)OC)n1cnc2sc(C(N)=O)c(C)c2c1=O. The number of esters is 1. The molecule has 1 amide bonds. The number of hydrogen-bond donors (Lipinski definition) is 1. The van der Waals surface area contributed by atoms with Crippen molar-refractivity contribution in [1.82, 2.24) is 9.55 Å². The number of thiophene rings is 1. The van der Waals surface area contributed by atoms with Crippen molar-refractivity contribution in [1.29, 1.82) is 0 Å². The van der Waals surface area contributed by atoms with Crippen molar-refractivity contribution < 1.29 is 14.3 Å². The highest BCUT2D eigenvalue weighted by molar-refractivity contribution is 7.20. The zero-order valence-electron chi connectivity index (χ0n) is 11.9. The summed E-state index contributed by atoms with van der Waals surface area (Å²) in [6.45, 7) is 3.42. The molecule has 0 fully saturated rings. The molecule has 2 heterocycles. The molecule has 0 spiro atoms. The molecule has 2 aromatic rings. The van der Waals surface area contributed by atoms with E-state index in [4.69, 9.17) is 10.5 Å². The third-order valence-electron chi connectivity index (χ3n) is 3.30. The second-order valence-corrected chi connectivity index (χ2v) is 5.50. The van der Waals surface area contributed by atoms with Crippen molar-refractivity contribution in [2.24, 2.45) is 5.73 Å². The Balaban J connectivity index is 2.72. The van der Waals surface area contributed by atoms with Gasteiger partial charge in [0.2, 0.25) is 0 Å². The van der Waals surface area contributed by atoms with Gasteiger partial charge in [-0.3, -0.25) is 14.2 Å². The summed E-state index contributed by atoms with van der Waals surface area (Å²) in [7, 11) is 1.27. The molecule has 1 atom stereocenters. The second kappa shape index (κ2) is 5.65. The molecule has 0 saturated heterocycles. The third-order valence-corrected chi connectivity index (χ3v) is 4.51. The van der Waals surface area contributed by atoms with Crippen molar-refractivity contribution in [2.45, 2.75) is 26.3 Å². The van der Waals surface area contributed by atoms with Gasteiger partial charge in [-0.2, -0.15) is 0 Å². The minimum absolute atomic E-state index is 0.304. The van der Waals surface area contributed by atoms with Crippen LogP contribution in [0.25, 0.3) is 10.2 Å². The fourth-order valence-electron chi connectivity index (χ4n) is 2.21. The van der Waals surface area contributed by atoms with E-state index in [1.54, 1.807) is 13.8 Å². The lowest BCUT2D eigenvalue weighted by molar-refractivity contribution is -0.144. The molecule has 2 rings (SSSR count). The van der Waals surface area contributed by atoms with Gasteiger partial charge in [-0.05, 0) is 18.9 Å². The van der Waals surface area contributed by atoms with E-state index in [2.05, 4.69) is 4.98 Å². The zero-order valence-corrected chi connectivity index (χ0v) is 12.7. The van der Waals surface area contributed by atoms with E-state index in [-0.39, 0.29) is 5.56 Å². The Hall–Kier alpha value is -2.22. The molecule has 8 heteroatoms. The molecule has 0 radical (unpaired) electrons. The van der Waals surface area contributed by atoms with E-state index in [0.29, 0.717) is 27.1 Å². The van der Waals surface area contributed by atoms with Crippen LogP contribution in [0.5, 0.6) is 0 Å². The number of fused-ring (bicyclic) bond motifs is 1. The predicted molar refractivity (Wildman–Crippen MR) is 78.5 cm³/mol. The van der Waals surface area contributed by atoms with Gasteiger partial charge < -0.3 is 10.5 Å². The van der Waals surface area contributed by atoms with Gasteiger partial charge in [-0.1, -0.05) is 6.92 Å². The Kier molecular flexibility index (Phi) is 4.08. The Bertz CT molecular complexity index is 778. The van der Waals surface area contributed by atoms with Crippen LogP contribution in [0.4, 0.5) is 0 Å². The summed E-state index contributed by atoms with van der Waals surface area (Å²) in [4.78, 5) is 40.6. The maximum atomic E-state index is 12.6. The number of nitrogens with two attached hydrogens (primary N) is 1. The maximum Gasteiger partial charge on any atom is 0.329 e. The van der Waals surface area contributed by atoms with Gasteiger partial charge in [0.05, 0.1) is 23.7 Å². The van der Waals surface area contributed by atoms with Gasteiger partial charge in [0.25, 0.3) is 11.5 Å². The number of rotatable bonds is 4. The lowest BCUT2D eigenvalue weighted by atomic mass is 10.2. The number of primary amides is 1. The van der Waals surface area contributed by atoms with Gasteiger partial charge in [0.15, 0.2) is 0 Å². The quantitative estimate of drug-likeness (QED) is 0.848. The molecule has 0 aliphatic rings. The Labute approximate surface area is 124 Å². The molecule has 2 N–H and O–H groups in total. The summed E-state index contributed by atoms with van der Waals surface area (Å²) >= 11 is 1.07. The molecule has 7 nitrogen and oxygen atoms in total. The van der Waals surface area contributed by atoms with Gasteiger partial charge >= 0.3 is 5.97 Å². The highest BCUT2D eigenvalue weighted by Crippen LogP contribution is 2.26. The largest absolute Gasteiger partial charge is 0.467 e. The van der Waals surface area contributed by atoms with Crippen molar-refractivity contribution in [3.63, 3.8) is 0 Å². The highest BCUT2D eigenvalue weighted by Gasteiger charge is 2.24. The smallest absolute Gasteiger partial charge is 0.329 e. The van der Waals surface area contributed by atoms with E-state index in [0.717, 1.165) is 11.3 Å². The van der Waals surface area contributed by atoms with Crippen molar-refractivity contribution >= 4 is 33.4 Å². The summed E-state index contributed by atoms with van der Waals surface area (Å²) < 4.78 is 5.94. The zero-order chi connectivity index (χ0) is 15.7. The first-order valence-corrected chi connectivity index (χ1v) is 7.11. The van der Waals surface area contributed by atoms with E-state index in [1.165, 1.54) is 18.0 Å². The summed E-state index contributed by atoms with van der Waals surface area (Å²) in [6.07, 6.45) is 1.70. The first kappa shape index (κ1) is 15.2. The van der Waals surface area contributed by atoms with Crippen LogP contribution in [-0.2, 0) is 9.53 Å². The number of hydrogen-bond acceptors (Lipinski definition) is 6. The topological polar surface area (TPSA) is 104 Å². The second-order valence-electron chi connectivity index (χ2n) is 4.50. The van der Waals surface area contributed by atoms with Gasteiger partial charge in [-0.25, -0.2) is 9.78 Å². The highest BCUT2D eigenvalue weighted by atomic mass is 32.1. The van der Waals surface area contributed by atoms with Crippen LogP contribution in [0.15, 0.2) is 11.1 Å². The molecular formula is C13H15N3O4S. The van der Waals surface area contributed by atoms with Crippen molar-refractivity contribution in [2.75, 3.05) is 7.11 Å². The molecule has 0 aliphatic carbocycles. The van der Waals surface area contributed by atoms with Crippen LogP contribution in [0.1, 0.15) is 34.6 Å². The van der Waals surface area contributed by atoms with Crippen LogP contribution in [-0.4, -0.2) is 28.5 Å². The van der Waals surface area contributed by atoms with Gasteiger partial charge in [0, 0.05) is 0 Å². The lowest BCUT2D eigenvalue weighted by Crippen LogP contribution is -2.30. The summed E-state index contributed by atoms with van der Waals surface area (Å²) in [6, 6.07) is -0.740. The number of nitrogens with zero attached hydrogens (tertiary/aromatic N) is 2.